The second-order valence-electron chi connectivity index (χ2n) is 6.40. The number of ether oxygens (including phenoxy) is 3. The first-order valence-corrected chi connectivity index (χ1v) is 10.9. The third kappa shape index (κ3) is 5.89. The summed E-state index contributed by atoms with van der Waals surface area (Å²) >= 11 is 2.17. The number of nitrogens with one attached hydrogen (secondary N) is 1. The predicted molar refractivity (Wildman–Crippen MR) is 127 cm³/mol. The first-order chi connectivity index (χ1) is 14.6. The normalized spacial score (nSPS) is 10.4. The molecule has 30 heavy (non-hydrogen) atoms. The van der Waals surface area contributed by atoms with Gasteiger partial charge >= 0.3 is 0 Å². The van der Waals surface area contributed by atoms with Crippen molar-refractivity contribution in [3.63, 3.8) is 0 Å². The second-order valence-corrected chi connectivity index (χ2v) is 7.57. The summed E-state index contributed by atoms with van der Waals surface area (Å²) in [6.45, 7) is 5.35. The van der Waals surface area contributed by atoms with Crippen molar-refractivity contribution in [1.29, 1.82) is 0 Å². The topological polar surface area (TPSA) is 56.8 Å². The van der Waals surface area contributed by atoms with E-state index in [4.69, 9.17) is 14.2 Å². The van der Waals surface area contributed by atoms with Gasteiger partial charge in [-0.3, -0.25) is 4.79 Å². The smallest absolute Gasteiger partial charge is 0.255 e. The average Bonchev–Trinajstić information content (AvgIpc) is 2.76. The zero-order valence-electron chi connectivity index (χ0n) is 17.0. The lowest BCUT2D eigenvalue weighted by Gasteiger charge is -2.15. The maximum absolute atomic E-state index is 12.8. The van der Waals surface area contributed by atoms with E-state index in [1.807, 2.05) is 68.4 Å². The van der Waals surface area contributed by atoms with Gasteiger partial charge in [0, 0.05) is 11.3 Å². The van der Waals surface area contributed by atoms with E-state index in [0.29, 0.717) is 42.6 Å². The molecule has 0 spiro atoms. The minimum atomic E-state index is -0.218. The van der Waals surface area contributed by atoms with E-state index in [2.05, 4.69) is 27.9 Å². The summed E-state index contributed by atoms with van der Waals surface area (Å²) in [7, 11) is 0. The van der Waals surface area contributed by atoms with Crippen LogP contribution in [0.4, 0.5) is 5.69 Å². The SMILES string of the molecule is CCOc1ccc(NC(=O)c2cc(I)c(OCC)c(OCc3ccccc3)c2)cc1. The maximum atomic E-state index is 12.8. The Kier molecular flexibility index (Phi) is 7.96. The number of halogens is 1. The molecule has 3 rings (SSSR count). The first kappa shape index (κ1) is 22.0. The van der Waals surface area contributed by atoms with Crippen molar-refractivity contribution in [3.8, 4) is 17.2 Å². The van der Waals surface area contributed by atoms with Crippen molar-refractivity contribution in [2.75, 3.05) is 18.5 Å². The summed E-state index contributed by atoms with van der Waals surface area (Å²) < 4.78 is 18.0. The minimum absolute atomic E-state index is 0.218. The highest BCUT2D eigenvalue weighted by Crippen LogP contribution is 2.35. The molecule has 0 aromatic heterocycles. The third-order valence-corrected chi connectivity index (χ3v) is 5.02. The van der Waals surface area contributed by atoms with Gasteiger partial charge in [-0.1, -0.05) is 30.3 Å². The van der Waals surface area contributed by atoms with Crippen molar-refractivity contribution < 1.29 is 19.0 Å². The highest BCUT2D eigenvalue weighted by molar-refractivity contribution is 14.1. The first-order valence-electron chi connectivity index (χ1n) is 9.78. The van der Waals surface area contributed by atoms with Crippen molar-refractivity contribution in [1.82, 2.24) is 0 Å². The standard InChI is InChI=1S/C24H24INO4/c1-3-28-20-12-10-19(11-13-20)26-24(27)18-14-21(25)23(29-4-2)22(15-18)30-16-17-8-6-5-7-9-17/h5-15H,3-4,16H2,1-2H3,(H,26,27). The molecule has 3 aromatic rings. The highest BCUT2D eigenvalue weighted by atomic mass is 127. The number of amides is 1. The van der Waals surface area contributed by atoms with Crippen LogP contribution < -0.4 is 19.5 Å². The summed E-state index contributed by atoms with van der Waals surface area (Å²) in [6.07, 6.45) is 0. The molecule has 0 saturated carbocycles. The molecule has 0 heterocycles. The zero-order valence-corrected chi connectivity index (χ0v) is 19.1. The molecule has 3 aromatic carbocycles. The molecule has 6 heteroatoms. The highest BCUT2D eigenvalue weighted by Gasteiger charge is 2.16. The van der Waals surface area contributed by atoms with Crippen LogP contribution in [-0.2, 0) is 6.61 Å². The quantitative estimate of drug-likeness (QED) is 0.358. The number of hydrogen-bond donors (Lipinski definition) is 1. The van der Waals surface area contributed by atoms with E-state index in [1.54, 1.807) is 12.1 Å². The van der Waals surface area contributed by atoms with Crippen LogP contribution in [0.2, 0.25) is 0 Å². The number of anilines is 1. The van der Waals surface area contributed by atoms with Crippen molar-refractivity contribution >= 4 is 34.2 Å². The third-order valence-electron chi connectivity index (χ3n) is 4.22. The van der Waals surface area contributed by atoms with Crippen LogP contribution in [0.1, 0.15) is 29.8 Å². The Morgan fingerprint density at radius 1 is 0.900 bits per heavy atom. The molecule has 156 valence electrons. The van der Waals surface area contributed by atoms with Crippen molar-refractivity contribution in [2.45, 2.75) is 20.5 Å². The fraction of sp³-hybridized carbons (Fsp3) is 0.208. The number of carbonyl (C=O) groups is 1. The number of hydrogen-bond acceptors (Lipinski definition) is 4. The van der Waals surface area contributed by atoms with Crippen LogP contribution in [0, 0.1) is 3.57 Å². The van der Waals surface area contributed by atoms with Crippen LogP contribution in [0.25, 0.3) is 0 Å². The van der Waals surface area contributed by atoms with E-state index in [1.165, 1.54) is 0 Å². The summed E-state index contributed by atoms with van der Waals surface area (Å²) in [6, 6.07) is 20.7. The lowest BCUT2D eigenvalue weighted by molar-refractivity contribution is 0.102. The molecule has 0 unspecified atom stereocenters. The maximum Gasteiger partial charge on any atom is 0.255 e. The molecule has 1 amide bonds. The van der Waals surface area contributed by atoms with Gasteiger partial charge in [0.25, 0.3) is 5.91 Å². The van der Waals surface area contributed by atoms with E-state index >= 15 is 0 Å². The van der Waals surface area contributed by atoms with Crippen molar-refractivity contribution in [2.24, 2.45) is 0 Å². The van der Waals surface area contributed by atoms with E-state index in [0.717, 1.165) is 14.9 Å². The number of benzene rings is 3. The fourth-order valence-corrected chi connectivity index (χ4v) is 3.59. The molecule has 0 bridgehead atoms. The molecule has 0 aliphatic heterocycles. The molecular weight excluding hydrogens is 493 g/mol. The summed E-state index contributed by atoms with van der Waals surface area (Å²) in [5, 5.41) is 2.91. The average molecular weight is 517 g/mol. The molecule has 0 saturated heterocycles. The molecule has 1 N–H and O–H groups in total. The minimum Gasteiger partial charge on any atom is -0.494 e. The molecule has 0 atom stereocenters. The Bertz CT molecular complexity index is 975. The molecule has 5 nitrogen and oxygen atoms in total. The molecule has 0 aliphatic carbocycles. The van der Waals surface area contributed by atoms with Gasteiger partial charge in [0.2, 0.25) is 0 Å². The van der Waals surface area contributed by atoms with Gasteiger partial charge in [-0.05, 0) is 78.4 Å². The molecular formula is C24H24INO4. The Labute approximate surface area is 190 Å². The van der Waals surface area contributed by atoms with Gasteiger partial charge in [0.05, 0.1) is 16.8 Å². The Morgan fingerprint density at radius 2 is 1.60 bits per heavy atom. The van der Waals surface area contributed by atoms with Gasteiger partial charge in [-0.2, -0.15) is 0 Å². The lowest BCUT2D eigenvalue weighted by Crippen LogP contribution is -2.13. The Hall–Kier alpha value is -2.74. The van der Waals surface area contributed by atoms with E-state index in [9.17, 15) is 4.79 Å². The molecule has 0 radical (unpaired) electrons. The van der Waals surface area contributed by atoms with E-state index < -0.39 is 0 Å². The summed E-state index contributed by atoms with van der Waals surface area (Å²) in [4.78, 5) is 12.8. The molecule has 0 fully saturated rings. The number of carbonyl (C=O) groups excluding carboxylic acids is 1. The Morgan fingerprint density at radius 3 is 2.27 bits per heavy atom. The Balaban J connectivity index is 1.79. The monoisotopic (exact) mass is 517 g/mol. The van der Waals surface area contributed by atoms with Gasteiger partial charge in [-0.15, -0.1) is 0 Å². The van der Waals surface area contributed by atoms with Crippen LogP contribution in [0.5, 0.6) is 17.2 Å². The van der Waals surface area contributed by atoms with Crippen LogP contribution in [0.15, 0.2) is 66.7 Å². The van der Waals surface area contributed by atoms with Crippen LogP contribution in [-0.4, -0.2) is 19.1 Å². The zero-order chi connectivity index (χ0) is 21.3. The molecule has 0 aliphatic rings. The summed E-state index contributed by atoms with van der Waals surface area (Å²) in [5.74, 6) is 1.74. The lowest BCUT2D eigenvalue weighted by atomic mass is 10.1. The van der Waals surface area contributed by atoms with Crippen LogP contribution in [0.3, 0.4) is 0 Å². The van der Waals surface area contributed by atoms with Gasteiger partial charge in [0.1, 0.15) is 12.4 Å². The summed E-state index contributed by atoms with van der Waals surface area (Å²) in [5.41, 5.74) is 2.23. The van der Waals surface area contributed by atoms with Crippen LogP contribution >= 0.6 is 22.6 Å². The van der Waals surface area contributed by atoms with Gasteiger partial charge in [-0.25, -0.2) is 0 Å². The van der Waals surface area contributed by atoms with Crippen molar-refractivity contribution in [3.05, 3.63) is 81.4 Å². The predicted octanol–water partition coefficient (Wildman–Crippen LogP) is 5.92. The van der Waals surface area contributed by atoms with Gasteiger partial charge < -0.3 is 19.5 Å². The second kappa shape index (κ2) is 10.9. The van der Waals surface area contributed by atoms with E-state index in [-0.39, 0.29) is 5.91 Å². The largest absolute Gasteiger partial charge is 0.494 e. The van der Waals surface area contributed by atoms with Gasteiger partial charge in [0.15, 0.2) is 11.5 Å². The number of rotatable bonds is 9. The fourth-order valence-electron chi connectivity index (χ4n) is 2.83.